The van der Waals surface area contributed by atoms with Crippen molar-refractivity contribution in [1.29, 1.82) is 0 Å². The van der Waals surface area contributed by atoms with E-state index in [0.717, 1.165) is 10.5 Å². The van der Waals surface area contributed by atoms with Crippen LogP contribution >= 0.6 is 23.2 Å². The number of nitrogens with zero attached hydrogens (tertiary/aromatic N) is 1. The van der Waals surface area contributed by atoms with Gasteiger partial charge in [-0.15, -0.1) is 0 Å². The summed E-state index contributed by atoms with van der Waals surface area (Å²) in [5, 5.41) is 3.20. The Morgan fingerprint density at radius 1 is 1.06 bits per heavy atom. The molecule has 33 heavy (non-hydrogen) atoms. The minimum absolute atomic E-state index is 0.0677. The molecule has 9 heteroatoms. The van der Waals surface area contributed by atoms with Gasteiger partial charge in [-0.2, -0.15) is 0 Å². The van der Waals surface area contributed by atoms with Crippen LogP contribution in [0.1, 0.15) is 11.1 Å². The summed E-state index contributed by atoms with van der Waals surface area (Å²) in [6, 6.07) is 14.9. The van der Waals surface area contributed by atoms with Crippen molar-refractivity contribution in [2.45, 2.75) is 6.61 Å². The second-order valence-electron chi connectivity index (χ2n) is 7.06. The lowest BCUT2D eigenvalue weighted by Gasteiger charge is -2.14. The van der Waals surface area contributed by atoms with Gasteiger partial charge in [0.25, 0.3) is 5.91 Å². The number of nitrogens with one attached hydrogen (secondary N) is 1. The molecule has 0 spiro atoms. The molecule has 1 aliphatic rings. The zero-order valence-electron chi connectivity index (χ0n) is 17.3. The van der Waals surface area contributed by atoms with Crippen molar-refractivity contribution < 1.29 is 23.5 Å². The van der Waals surface area contributed by atoms with Crippen molar-refractivity contribution in [2.24, 2.45) is 0 Å². The van der Waals surface area contributed by atoms with Crippen molar-refractivity contribution >= 4 is 46.9 Å². The smallest absolute Gasteiger partial charge is 0.333 e. The third kappa shape index (κ3) is 4.94. The Morgan fingerprint density at radius 3 is 2.52 bits per heavy atom. The number of methoxy groups -OCH3 is 1. The molecule has 1 fully saturated rings. The predicted octanol–water partition coefficient (Wildman–Crippen LogP) is 5.82. The van der Waals surface area contributed by atoms with E-state index >= 15 is 0 Å². The number of carbonyl (C=O) groups is 2. The van der Waals surface area contributed by atoms with Gasteiger partial charge < -0.3 is 14.8 Å². The van der Waals surface area contributed by atoms with Gasteiger partial charge in [0.15, 0.2) is 11.5 Å². The number of rotatable bonds is 6. The molecule has 0 bridgehead atoms. The molecule has 3 aromatic rings. The van der Waals surface area contributed by atoms with Gasteiger partial charge in [-0.05, 0) is 59.7 Å². The van der Waals surface area contributed by atoms with E-state index in [2.05, 4.69) is 5.32 Å². The largest absolute Gasteiger partial charge is 0.493 e. The van der Waals surface area contributed by atoms with Crippen LogP contribution in [-0.4, -0.2) is 19.0 Å². The van der Waals surface area contributed by atoms with Gasteiger partial charge in [-0.3, -0.25) is 4.79 Å². The monoisotopic (exact) mass is 486 g/mol. The highest BCUT2D eigenvalue weighted by Gasteiger charge is 2.35. The Labute approximate surface area is 199 Å². The van der Waals surface area contributed by atoms with E-state index in [1.54, 1.807) is 42.5 Å². The first-order chi connectivity index (χ1) is 15.9. The molecule has 168 valence electrons. The second-order valence-corrected chi connectivity index (χ2v) is 7.90. The van der Waals surface area contributed by atoms with E-state index in [0.29, 0.717) is 27.8 Å². The number of hydrogen-bond acceptors (Lipinski definition) is 4. The van der Waals surface area contributed by atoms with Crippen molar-refractivity contribution in [1.82, 2.24) is 5.32 Å². The van der Waals surface area contributed by atoms with Crippen LogP contribution in [0.4, 0.5) is 14.9 Å². The topological polar surface area (TPSA) is 67.9 Å². The summed E-state index contributed by atoms with van der Waals surface area (Å²) < 4.78 is 24.3. The summed E-state index contributed by atoms with van der Waals surface area (Å²) in [5.41, 5.74) is 1.69. The zero-order valence-corrected chi connectivity index (χ0v) is 18.8. The van der Waals surface area contributed by atoms with Gasteiger partial charge >= 0.3 is 6.03 Å². The molecule has 0 radical (unpaired) electrons. The van der Waals surface area contributed by atoms with Crippen LogP contribution in [0.2, 0.25) is 10.0 Å². The van der Waals surface area contributed by atoms with Gasteiger partial charge in [0.1, 0.15) is 18.1 Å². The van der Waals surface area contributed by atoms with E-state index in [1.807, 2.05) is 0 Å². The molecule has 0 unspecified atom stereocenters. The fourth-order valence-corrected chi connectivity index (χ4v) is 3.71. The first kappa shape index (κ1) is 22.6. The van der Waals surface area contributed by atoms with Crippen molar-refractivity contribution in [3.63, 3.8) is 0 Å². The lowest BCUT2D eigenvalue weighted by Crippen LogP contribution is -2.30. The highest BCUT2D eigenvalue weighted by atomic mass is 35.5. The number of ether oxygens (including phenoxy) is 2. The normalized spacial score (nSPS) is 14.5. The van der Waals surface area contributed by atoms with E-state index in [1.165, 1.54) is 31.4 Å². The number of amides is 3. The Bertz CT molecular complexity index is 1260. The molecule has 1 N–H and O–H groups in total. The Morgan fingerprint density at radius 2 is 1.82 bits per heavy atom. The van der Waals surface area contributed by atoms with E-state index in [9.17, 15) is 14.0 Å². The number of imide groups is 1. The quantitative estimate of drug-likeness (QED) is 0.352. The molecule has 1 heterocycles. The summed E-state index contributed by atoms with van der Waals surface area (Å²) in [7, 11) is 1.46. The summed E-state index contributed by atoms with van der Waals surface area (Å²) >= 11 is 12.4. The standard InChI is InChI=1S/C24H17Cl2FN2O4/c1-32-21-11-15(9-19(26)22(21)33-13-14-5-7-17(27)8-6-14)10-20-23(30)29(24(31)28-20)18-4-2-3-16(25)12-18/h2-12H,13H2,1H3,(H,28,31)/b20-10+. The number of carbonyl (C=O) groups excluding carboxylic acids is 2. The van der Waals surface area contributed by atoms with Crippen LogP contribution in [0, 0.1) is 5.82 Å². The second kappa shape index (κ2) is 9.52. The van der Waals surface area contributed by atoms with Gasteiger partial charge in [-0.25, -0.2) is 14.1 Å². The maximum atomic E-state index is 13.1. The highest BCUT2D eigenvalue weighted by molar-refractivity contribution is 6.33. The fraction of sp³-hybridized carbons (Fsp3) is 0.0833. The molecule has 6 nitrogen and oxygen atoms in total. The molecule has 1 saturated heterocycles. The van der Waals surface area contributed by atoms with Gasteiger partial charge in [0.2, 0.25) is 0 Å². The third-order valence-electron chi connectivity index (χ3n) is 4.80. The molecule has 0 atom stereocenters. The lowest BCUT2D eigenvalue weighted by atomic mass is 10.1. The summed E-state index contributed by atoms with van der Waals surface area (Å²) in [5.74, 6) is -0.240. The zero-order chi connectivity index (χ0) is 23.5. The number of urea groups is 1. The molecule has 0 saturated carbocycles. The minimum atomic E-state index is -0.592. The van der Waals surface area contributed by atoms with Crippen LogP contribution in [0.25, 0.3) is 6.08 Å². The predicted molar refractivity (Wildman–Crippen MR) is 124 cm³/mol. The van der Waals surface area contributed by atoms with Gasteiger partial charge in [0.05, 0.1) is 17.8 Å². The number of halogens is 3. The molecular weight excluding hydrogens is 470 g/mol. The van der Waals surface area contributed by atoms with Crippen molar-refractivity contribution in [3.8, 4) is 11.5 Å². The van der Waals surface area contributed by atoms with Crippen LogP contribution in [0.15, 0.2) is 66.4 Å². The average molecular weight is 487 g/mol. The lowest BCUT2D eigenvalue weighted by molar-refractivity contribution is -0.113. The summed E-state index contributed by atoms with van der Waals surface area (Å²) in [4.78, 5) is 26.2. The van der Waals surface area contributed by atoms with Crippen LogP contribution in [0.5, 0.6) is 11.5 Å². The molecule has 0 aromatic heterocycles. The molecule has 4 rings (SSSR count). The Balaban J connectivity index is 1.58. The van der Waals surface area contributed by atoms with E-state index < -0.39 is 11.9 Å². The van der Waals surface area contributed by atoms with Crippen molar-refractivity contribution in [3.05, 3.63) is 93.4 Å². The number of benzene rings is 3. The van der Waals surface area contributed by atoms with E-state index in [-0.39, 0.29) is 23.1 Å². The molecule has 3 aromatic carbocycles. The Hall–Kier alpha value is -3.55. The van der Waals surface area contributed by atoms with Crippen molar-refractivity contribution in [2.75, 3.05) is 12.0 Å². The van der Waals surface area contributed by atoms with Crippen LogP contribution in [0.3, 0.4) is 0 Å². The van der Waals surface area contributed by atoms with Crippen LogP contribution < -0.4 is 19.7 Å². The third-order valence-corrected chi connectivity index (χ3v) is 5.32. The molecule has 0 aliphatic carbocycles. The minimum Gasteiger partial charge on any atom is -0.493 e. The molecular formula is C24H17Cl2FN2O4. The van der Waals surface area contributed by atoms with Crippen LogP contribution in [-0.2, 0) is 11.4 Å². The Kier molecular flexibility index (Phi) is 6.53. The molecule has 1 aliphatic heterocycles. The first-order valence-electron chi connectivity index (χ1n) is 9.73. The maximum Gasteiger partial charge on any atom is 0.333 e. The van der Waals surface area contributed by atoms with Gasteiger partial charge in [0, 0.05) is 5.02 Å². The summed E-state index contributed by atoms with van der Waals surface area (Å²) in [6.07, 6.45) is 1.49. The average Bonchev–Trinajstić information content (AvgIpc) is 3.06. The SMILES string of the molecule is COc1cc(/C=C2/NC(=O)N(c3cccc(Cl)c3)C2=O)cc(Cl)c1OCc1ccc(F)cc1. The number of hydrogen-bond donors (Lipinski definition) is 1. The first-order valence-corrected chi connectivity index (χ1v) is 10.5. The fourth-order valence-electron chi connectivity index (χ4n) is 3.25. The summed E-state index contributed by atoms with van der Waals surface area (Å²) in [6.45, 7) is 0.153. The molecule has 3 amide bonds. The van der Waals surface area contributed by atoms with E-state index in [4.69, 9.17) is 32.7 Å². The maximum absolute atomic E-state index is 13.1. The highest BCUT2D eigenvalue weighted by Crippen LogP contribution is 2.38. The number of anilines is 1. The van der Waals surface area contributed by atoms with Gasteiger partial charge in [-0.1, -0.05) is 41.4 Å².